The summed E-state index contributed by atoms with van der Waals surface area (Å²) in [7, 11) is 0. The Balaban J connectivity index is 1.53. The Morgan fingerprint density at radius 1 is 1.25 bits per heavy atom. The zero-order valence-electron chi connectivity index (χ0n) is 16.4. The third-order valence-corrected chi connectivity index (χ3v) is 5.40. The van der Waals surface area contributed by atoms with Gasteiger partial charge < -0.3 is 14.2 Å². The van der Waals surface area contributed by atoms with Gasteiger partial charge in [0.05, 0.1) is 29.8 Å². The SMILES string of the molecule is CCOC(=O)CN1CCCN(C(=O)c2cc(C3CC3)nc3onc(C)c23)CC1. The van der Waals surface area contributed by atoms with Gasteiger partial charge in [-0.05, 0) is 39.2 Å². The largest absolute Gasteiger partial charge is 0.465 e. The molecule has 0 bridgehead atoms. The molecule has 1 amide bonds. The number of esters is 1. The van der Waals surface area contributed by atoms with Crippen molar-refractivity contribution in [3.05, 3.63) is 23.0 Å². The number of amides is 1. The predicted molar refractivity (Wildman–Crippen MR) is 102 cm³/mol. The topological polar surface area (TPSA) is 88.8 Å². The van der Waals surface area contributed by atoms with E-state index in [4.69, 9.17) is 9.26 Å². The van der Waals surface area contributed by atoms with Crippen molar-refractivity contribution in [1.29, 1.82) is 0 Å². The lowest BCUT2D eigenvalue weighted by atomic mass is 10.1. The van der Waals surface area contributed by atoms with E-state index in [0.29, 0.717) is 54.5 Å². The number of nitrogens with zero attached hydrogens (tertiary/aromatic N) is 4. The van der Waals surface area contributed by atoms with Gasteiger partial charge in [-0.3, -0.25) is 14.5 Å². The fraction of sp³-hybridized carbons (Fsp3) is 0.600. The molecule has 3 heterocycles. The summed E-state index contributed by atoms with van der Waals surface area (Å²) in [5.74, 6) is 0.191. The molecule has 1 aliphatic heterocycles. The molecule has 0 unspecified atom stereocenters. The molecule has 0 spiro atoms. The van der Waals surface area contributed by atoms with Crippen LogP contribution in [0.5, 0.6) is 0 Å². The Morgan fingerprint density at radius 3 is 2.82 bits per heavy atom. The number of rotatable bonds is 5. The van der Waals surface area contributed by atoms with Crippen molar-refractivity contribution in [3.8, 4) is 0 Å². The van der Waals surface area contributed by atoms with Gasteiger partial charge >= 0.3 is 5.97 Å². The minimum Gasteiger partial charge on any atom is -0.465 e. The van der Waals surface area contributed by atoms with Crippen molar-refractivity contribution in [1.82, 2.24) is 19.9 Å². The van der Waals surface area contributed by atoms with Crippen LogP contribution in [0.25, 0.3) is 11.1 Å². The van der Waals surface area contributed by atoms with Crippen molar-refractivity contribution in [2.75, 3.05) is 39.3 Å². The lowest BCUT2D eigenvalue weighted by molar-refractivity contribution is -0.144. The first-order chi connectivity index (χ1) is 13.6. The summed E-state index contributed by atoms with van der Waals surface area (Å²) in [5, 5.41) is 4.73. The Labute approximate surface area is 163 Å². The Kier molecular flexibility index (Phi) is 5.30. The van der Waals surface area contributed by atoms with Crippen LogP contribution in [-0.2, 0) is 9.53 Å². The predicted octanol–water partition coefficient (Wildman–Crippen LogP) is 2.12. The van der Waals surface area contributed by atoms with E-state index in [1.807, 2.05) is 22.8 Å². The Hall–Kier alpha value is -2.48. The van der Waals surface area contributed by atoms with E-state index in [9.17, 15) is 9.59 Å². The number of fused-ring (bicyclic) bond motifs is 1. The number of carbonyl (C=O) groups excluding carboxylic acids is 2. The molecule has 8 heteroatoms. The lowest BCUT2D eigenvalue weighted by Crippen LogP contribution is -2.37. The zero-order chi connectivity index (χ0) is 19.7. The van der Waals surface area contributed by atoms with E-state index >= 15 is 0 Å². The van der Waals surface area contributed by atoms with Crippen LogP contribution in [0.1, 0.15) is 53.8 Å². The smallest absolute Gasteiger partial charge is 0.320 e. The molecule has 2 aromatic rings. The van der Waals surface area contributed by atoms with Gasteiger partial charge in [0.1, 0.15) is 0 Å². The Morgan fingerprint density at radius 2 is 2.07 bits per heavy atom. The van der Waals surface area contributed by atoms with Gasteiger partial charge in [-0.2, -0.15) is 0 Å². The number of hydrogen-bond acceptors (Lipinski definition) is 7. The molecular weight excluding hydrogens is 360 g/mol. The molecule has 2 fully saturated rings. The molecule has 2 aromatic heterocycles. The zero-order valence-corrected chi connectivity index (χ0v) is 16.4. The second-order valence-electron chi connectivity index (χ2n) is 7.54. The molecule has 28 heavy (non-hydrogen) atoms. The number of hydrogen-bond donors (Lipinski definition) is 0. The average Bonchev–Trinajstić information content (AvgIpc) is 3.48. The van der Waals surface area contributed by atoms with Crippen molar-refractivity contribution in [3.63, 3.8) is 0 Å². The molecule has 150 valence electrons. The normalized spacial score (nSPS) is 18.3. The van der Waals surface area contributed by atoms with Gasteiger partial charge in [-0.25, -0.2) is 4.98 Å². The van der Waals surface area contributed by atoms with Gasteiger partial charge in [0.2, 0.25) is 0 Å². The summed E-state index contributed by atoms with van der Waals surface area (Å²) in [5.41, 5.74) is 2.69. The summed E-state index contributed by atoms with van der Waals surface area (Å²) >= 11 is 0. The molecule has 0 N–H and O–H groups in total. The maximum Gasteiger partial charge on any atom is 0.320 e. The first-order valence-electron chi connectivity index (χ1n) is 10.0. The van der Waals surface area contributed by atoms with E-state index in [1.165, 1.54) is 0 Å². The summed E-state index contributed by atoms with van der Waals surface area (Å²) in [4.78, 5) is 33.6. The molecule has 1 saturated heterocycles. The molecule has 0 aromatic carbocycles. The Bertz CT molecular complexity index is 890. The van der Waals surface area contributed by atoms with Gasteiger partial charge in [-0.15, -0.1) is 0 Å². The number of aromatic nitrogens is 2. The first-order valence-corrected chi connectivity index (χ1v) is 10.0. The maximum atomic E-state index is 13.4. The van der Waals surface area contributed by atoms with Crippen LogP contribution < -0.4 is 0 Å². The van der Waals surface area contributed by atoms with E-state index in [-0.39, 0.29) is 18.4 Å². The highest BCUT2D eigenvalue weighted by Gasteiger charge is 2.30. The third-order valence-electron chi connectivity index (χ3n) is 5.40. The third kappa shape index (κ3) is 3.87. The summed E-state index contributed by atoms with van der Waals surface area (Å²) < 4.78 is 10.4. The first kappa shape index (κ1) is 18.9. The fourth-order valence-electron chi connectivity index (χ4n) is 3.76. The van der Waals surface area contributed by atoms with Gasteiger partial charge in [0, 0.05) is 37.8 Å². The van der Waals surface area contributed by atoms with Crippen molar-refractivity contribution >= 4 is 23.0 Å². The van der Waals surface area contributed by atoms with E-state index < -0.39 is 0 Å². The van der Waals surface area contributed by atoms with Crippen LogP contribution in [0, 0.1) is 6.92 Å². The van der Waals surface area contributed by atoms with Crippen molar-refractivity contribution in [2.24, 2.45) is 0 Å². The quantitative estimate of drug-likeness (QED) is 0.727. The fourth-order valence-corrected chi connectivity index (χ4v) is 3.76. The molecule has 4 rings (SSSR count). The number of carbonyl (C=O) groups is 2. The molecule has 0 atom stereocenters. The van der Waals surface area contributed by atoms with Gasteiger partial charge in [0.25, 0.3) is 11.6 Å². The van der Waals surface area contributed by atoms with Crippen LogP contribution in [0.2, 0.25) is 0 Å². The molecule has 0 radical (unpaired) electrons. The average molecular weight is 386 g/mol. The monoisotopic (exact) mass is 386 g/mol. The molecule has 1 saturated carbocycles. The van der Waals surface area contributed by atoms with Gasteiger partial charge in [-0.1, -0.05) is 5.16 Å². The summed E-state index contributed by atoms with van der Waals surface area (Å²) in [6.07, 6.45) is 3.02. The van der Waals surface area contributed by atoms with E-state index in [0.717, 1.165) is 31.5 Å². The van der Waals surface area contributed by atoms with Crippen LogP contribution in [-0.4, -0.2) is 71.1 Å². The van der Waals surface area contributed by atoms with Crippen LogP contribution in [0.3, 0.4) is 0 Å². The lowest BCUT2D eigenvalue weighted by Gasteiger charge is -2.22. The highest BCUT2D eigenvalue weighted by molar-refractivity contribution is 6.06. The standard InChI is InChI=1S/C20H26N4O4/c1-3-27-17(25)12-23-7-4-8-24(10-9-23)20(26)15-11-16(14-5-6-14)21-19-18(15)13(2)22-28-19/h11,14H,3-10,12H2,1-2H3. The van der Waals surface area contributed by atoms with Gasteiger partial charge in [0.15, 0.2) is 0 Å². The van der Waals surface area contributed by atoms with Crippen LogP contribution in [0.15, 0.2) is 10.6 Å². The highest BCUT2D eigenvalue weighted by Crippen LogP contribution is 2.40. The van der Waals surface area contributed by atoms with E-state index in [2.05, 4.69) is 10.1 Å². The van der Waals surface area contributed by atoms with Crippen LogP contribution in [0.4, 0.5) is 0 Å². The maximum absolute atomic E-state index is 13.4. The summed E-state index contributed by atoms with van der Waals surface area (Å²) in [6.45, 7) is 6.95. The van der Waals surface area contributed by atoms with Crippen molar-refractivity contribution in [2.45, 2.75) is 39.0 Å². The molecule has 1 aliphatic carbocycles. The van der Waals surface area contributed by atoms with E-state index in [1.54, 1.807) is 6.92 Å². The number of aryl methyl sites for hydroxylation is 1. The number of ether oxygens (including phenoxy) is 1. The molecule has 2 aliphatic rings. The summed E-state index contributed by atoms with van der Waals surface area (Å²) in [6, 6.07) is 1.92. The molecule has 8 nitrogen and oxygen atoms in total. The number of pyridine rings is 1. The second kappa shape index (κ2) is 7.87. The second-order valence-corrected chi connectivity index (χ2v) is 7.54. The molecular formula is C20H26N4O4. The minimum absolute atomic E-state index is 0.0152. The van der Waals surface area contributed by atoms with Crippen molar-refractivity contribution < 1.29 is 18.8 Å². The highest BCUT2D eigenvalue weighted by atomic mass is 16.5. The van der Waals surface area contributed by atoms with Crippen LogP contribution >= 0.6 is 0 Å². The minimum atomic E-state index is -0.215.